The molecule has 0 aliphatic heterocycles. The number of sulfonamides is 1. The summed E-state index contributed by atoms with van der Waals surface area (Å²) in [6.45, 7) is -0.584. The van der Waals surface area contributed by atoms with Crippen LogP contribution in [0.2, 0.25) is 5.02 Å². The number of alkyl halides is 3. The molecule has 3 aromatic carbocycles. The van der Waals surface area contributed by atoms with E-state index in [0.717, 1.165) is 21.1 Å². The number of halogens is 4. The van der Waals surface area contributed by atoms with Gasteiger partial charge in [-0.1, -0.05) is 41.9 Å². The first-order chi connectivity index (χ1) is 14.0. The summed E-state index contributed by atoms with van der Waals surface area (Å²) in [6.07, 6.45) is -4.69. The molecular formula is C20H16ClF3N2O3S. The fourth-order valence-corrected chi connectivity index (χ4v) is 4.20. The Morgan fingerprint density at radius 3 is 2.37 bits per heavy atom. The first kappa shape index (κ1) is 22.1. The molecule has 5 nitrogen and oxygen atoms in total. The number of nitrogens with one attached hydrogen (secondary N) is 1. The molecule has 158 valence electrons. The van der Waals surface area contributed by atoms with Crippen LogP contribution in [0, 0.1) is 0 Å². The number of fused-ring (bicyclic) bond motifs is 1. The van der Waals surface area contributed by atoms with Crippen LogP contribution in [0.25, 0.3) is 10.8 Å². The number of benzene rings is 3. The van der Waals surface area contributed by atoms with E-state index in [1.54, 1.807) is 18.2 Å². The van der Waals surface area contributed by atoms with Crippen molar-refractivity contribution >= 4 is 44.0 Å². The highest BCUT2D eigenvalue weighted by molar-refractivity contribution is 7.89. The van der Waals surface area contributed by atoms with E-state index in [-0.39, 0.29) is 10.6 Å². The average molecular weight is 457 g/mol. The number of amides is 1. The maximum atomic E-state index is 12.9. The number of anilines is 1. The van der Waals surface area contributed by atoms with E-state index in [2.05, 4.69) is 5.32 Å². The number of nitrogens with zero attached hydrogens (tertiary/aromatic N) is 1. The quantitative estimate of drug-likeness (QED) is 0.601. The lowest BCUT2D eigenvalue weighted by molar-refractivity contribution is -0.137. The third-order valence-electron chi connectivity index (χ3n) is 4.35. The van der Waals surface area contributed by atoms with Gasteiger partial charge >= 0.3 is 6.18 Å². The Morgan fingerprint density at radius 2 is 1.70 bits per heavy atom. The summed E-state index contributed by atoms with van der Waals surface area (Å²) in [5, 5.41) is 3.34. The third-order valence-corrected chi connectivity index (χ3v) is 6.48. The van der Waals surface area contributed by atoms with Crippen molar-refractivity contribution in [2.45, 2.75) is 11.1 Å². The molecule has 0 radical (unpaired) electrons. The van der Waals surface area contributed by atoms with Crippen LogP contribution in [0.4, 0.5) is 18.9 Å². The predicted octanol–water partition coefficient (Wildman–Crippen LogP) is 4.77. The molecule has 30 heavy (non-hydrogen) atoms. The van der Waals surface area contributed by atoms with Crippen molar-refractivity contribution in [3.05, 3.63) is 71.2 Å². The molecule has 3 rings (SSSR count). The van der Waals surface area contributed by atoms with Crippen LogP contribution >= 0.6 is 11.6 Å². The number of hydrogen-bond donors (Lipinski definition) is 1. The Labute approximate surface area is 176 Å². The van der Waals surface area contributed by atoms with Crippen LogP contribution in [0.3, 0.4) is 0 Å². The van der Waals surface area contributed by atoms with Crippen molar-refractivity contribution in [3.63, 3.8) is 0 Å². The largest absolute Gasteiger partial charge is 0.417 e. The van der Waals surface area contributed by atoms with Gasteiger partial charge in [0.1, 0.15) is 0 Å². The Morgan fingerprint density at radius 1 is 1.03 bits per heavy atom. The highest BCUT2D eigenvalue weighted by Gasteiger charge is 2.33. The number of hydrogen-bond acceptors (Lipinski definition) is 3. The molecule has 10 heteroatoms. The maximum absolute atomic E-state index is 12.9. The molecule has 0 aliphatic rings. The van der Waals surface area contributed by atoms with Gasteiger partial charge in [-0.25, -0.2) is 8.42 Å². The average Bonchev–Trinajstić information content (AvgIpc) is 2.68. The van der Waals surface area contributed by atoms with Gasteiger partial charge in [-0.05, 0) is 41.1 Å². The van der Waals surface area contributed by atoms with Gasteiger partial charge in [0, 0.05) is 12.7 Å². The highest BCUT2D eigenvalue weighted by Crippen LogP contribution is 2.36. The van der Waals surface area contributed by atoms with E-state index < -0.39 is 39.2 Å². The van der Waals surface area contributed by atoms with Gasteiger partial charge in [-0.3, -0.25) is 4.79 Å². The fraction of sp³-hybridized carbons (Fsp3) is 0.150. The molecule has 0 unspecified atom stereocenters. The minimum atomic E-state index is -4.69. The zero-order chi connectivity index (χ0) is 22.1. The fourth-order valence-electron chi connectivity index (χ4n) is 2.82. The molecule has 0 saturated carbocycles. The summed E-state index contributed by atoms with van der Waals surface area (Å²) in [4.78, 5) is 12.2. The molecular weight excluding hydrogens is 441 g/mol. The van der Waals surface area contributed by atoms with E-state index in [4.69, 9.17) is 11.6 Å². The zero-order valence-corrected chi connectivity index (χ0v) is 17.1. The molecule has 0 aliphatic carbocycles. The van der Waals surface area contributed by atoms with Gasteiger partial charge in [0.25, 0.3) is 0 Å². The minimum absolute atomic E-state index is 0.00218. The second-order valence-electron chi connectivity index (χ2n) is 6.51. The van der Waals surface area contributed by atoms with Crippen molar-refractivity contribution in [2.24, 2.45) is 0 Å². The summed E-state index contributed by atoms with van der Waals surface area (Å²) >= 11 is 5.55. The van der Waals surface area contributed by atoms with Crippen molar-refractivity contribution in [3.8, 4) is 0 Å². The van der Waals surface area contributed by atoms with Crippen LogP contribution in [-0.2, 0) is 21.0 Å². The van der Waals surface area contributed by atoms with Crippen LogP contribution in [0.15, 0.2) is 65.6 Å². The molecule has 1 amide bonds. The number of likely N-dealkylation sites (N-methyl/N-ethyl adjacent to an activating group) is 1. The van der Waals surface area contributed by atoms with Crippen LogP contribution in [0.5, 0.6) is 0 Å². The summed E-state index contributed by atoms with van der Waals surface area (Å²) < 4.78 is 65.2. The van der Waals surface area contributed by atoms with Gasteiger partial charge in [-0.15, -0.1) is 0 Å². The van der Waals surface area contributed by atoms with Crippen molar-refractivity contribution < 1.29 is 26.4 Å². The van der Waals surface area contributed by atoms with E-state index >= 15 is 0 Å². The molecule has 0 bridgehead atoms. The predicted molar refractivity (Wildman–Crippen MR) is 109 cm³/mol. The lowest BCUT2D eigenvalue weighted by atomic mass is 10.1. The molecule has 0 saturated heterocycles. The number of carbonyl (C=O) groups excluding carboxylic acids is 1. The molecule has 1 N–H and O–H groups in total. The Bertz CT molecular complexity index is 1210. The lowest BCUT2D eigenvalue weighted by Gasteiger charge is -2.18. The molecule has 0 spiro atoms. The van der Waals surface area contributed by atoms with Crippen LogP contribution < -0.4 is 5.32 Å². The Hall–Kier alpha value is -2.62. The molecule has 0 aromatic heterocycles. The summed E-state index contributed by atoms with van der Waals surface area (Å²) in [7, 11) is -2.77. The van der Waals surface area contributed by atoms with Gasteiger partial charge in [0.2, 0.25) is 15.9 Å². The Kier molecular flexibility index (Phi) is 6.07. The van der Waals surface area contributed by atoms with Gasteiger partial charge < -0.3 is 5.32 Å². The standard InChI is InChI=1S/C20H16ClF3N2O3S/c1-26(30(28,29)16-8-6-13-4-2-3-5-14(13)10-16)12-19(27)25-15-7-9-18(21)17(11-15)20(22,23)24/h2-11H,12H2,1H3,(H,25,27). The first-order valence-corrected chi connectivity index (χ1v) is 10.4. The van der Waals surface area contributed by atoms with Gasteiger partial charge in [-0.2, -0.15) is 17.5 Å². The summed E-state index contributed by atoms with van der Waals surface area (Å²) in [5.74, 6) is -0.794. The van der Waals surface area contributed by atoms with Crippen molar-refractivity contribution in [1.29, 1.82) is 0 Å². The molecule has 0 heterocycles. The van der Waals surface area contributed by atoms with Gasteiger partial charge in [0.15, 0.2) is 0 Å². The highest BCUT2D eigenvalue weighted by atomic mass is 35.5. The summed E-state index contributed by atoms with van der Waals surface area (Å²) in [6, 6.07) is 14.7. The Balaban J connectivity index is 1.76. The SMILES string of the molecule is CN(CC(=O)Nc1ccc(Cl)c(C(F)(F)F)c1)S(=O)(=O)c1ccc2ccccc2c1. The number of rotatable bonds is 5. The first-order valence-electron chi connectivity index (χ1n) is 8.60. The molecule has 3 aromatic rings. The van der Waals surface area contributed by atoms with E-state index in [9.17, 15) is 26.4 Å². The summed E-state index contributed by atoms with van der Waals surface area (Å²) in [5.41, 5.74) is -1.24. The smallest absolute Gasteiger partial charge is 0.325 e. The second kappa shape index (κ2) is 8.25. The van der Waals surface area contributed by atoms with E-state index in [1.807, 2.05) is 12.1 Å². The third kappa shape index (κ3) is 4.75. The van der Waals surface area contributed by atoms with Crippen molar-refractivity contribution in [2.75, 3.05) is 18.9 Å². The van der Waals surface area contributed by atoms with E-state index in [0.29, 0.717) is 6.07 Å². The monoisotopic (exact) mass is 456 g/mol. The normalized spacial score (nSPS) is 12.3. The zero-order valence-electron chi connectivity index (χ0n) is 15.6. The topological polar surface area (TPSA) is 66.5 Å². The lowest BCUT2D eigenvalue weighted by Crippen LogP contribution is -2.35. The second-order valence-corrected chi connectivity index (χ2v) is 8.96. The minimum Gasteiger partial charge on any atom is -0.325 e. The van der Waals surface area contributed by atoms with Crippen LogP contribution in [0.1, 0.15) is 5.56 Å². The molecule has 0 atom stereocenters. The van der Waals surface area contributed by atoms with Crippen molar-refractivity contribution in [1.82, 2.24) is 4.31 Å². The number of carbonyl (C=O) groups is 1. The van der Waals surface area contributed by atoms with Crippen LogP contribution in [-0.4, -0.2) is 32.2 Å². The van der Waals surface area contributed by atoms with Gasteiger partial charge in [0.05, 0.1) is 22.0 Å². The maximum Gasteiger partial charge on any atom is 0.417 e. The molecule has 0 fully saturated rings. The van der Waals surface area contributed by atoms with E-state index in [1.165, 1.54) is 25.2 Å².